The summed E-state index contributed by atoms with van der Waals surface area (Å²) in [5.41, 5.74) is 2.82. The highest BCUT2D eigenvalue weighted by Crippen LogP contribution is 2.28. The molecule has 1 amide bonds. The van der Waals surface area contributed by atoms with Crippen molar-refractivity contribution in [2.75, 3.05) is 18.0 Å². The van der Waals surface area contributed by atoms with Crippen LogP contribution in [0.5, 0.6) is 0 Å². The van der Waals surface area contributed by atoms with Crippen LogP contribution in [-0.2, 0) is 11.2 Å². The molecule has 0 atom stereocenters. The first kappa shape index (κ1) is 25.7. The number of carbonyl (C=O) groups is 1. The average molecular weight is 510 g/mol. The summed E-state index contributed by atoms with van der Waals surface area (Å²) < 4.78 is 1.51. The monoisotopic (exact) mass is 509 g/mol. The molecule has 5 rings (SSSR count). The smallest absolute Gasteiger partial charge is 0.267 e. The van der Waals surface area contributed by atoms with Gasteiger partial charge < -0.3 is 10.2 Å². The van der Waals surface area contributed by atoms with Crippen molar-refractivity contribution >= 4 is 23.4 Å². The van der Waals surface area contributed by atoms with Crippen LogP contribution in [0.3, 0.4) is 0 Å². The number of hydrogen-bond acceptors (Lipinski definition) is 5. The Hall–Kier alpha value is -3.92. The lowest BCUT2D eigenvalue weighted by atomic mass is 9.90. The number of rotatable bonds is 6. The van der Waals surface area contributed by atoms with Crippen LogP contribution in [0.4, 0.5) is 5.82 Å². The molecular weight excluding hydrogens is 474 g/mol. The Morgan fingerprint density at radius 1 is 1.08 bits per heavy atom. The van der Waals surface area contributed by atoms with Crippen molar-refractivity contribution in [2.45, 2.75) is 64.3 Å². The van der Waals surface area contributed by atoms with E-state index in [4.69, 9.17) is 4.98 Å². The number of carbonyl (C=O) groups excluding carboxylic acids is 1. The van der Waals surface area contributed by atoms with Gasteiger partial charge in [0.2, 0.25) is 0 Å². The Morgan fingerprint density at radius 2 is 1.82 bits per heavy atom. The van der Waals surface area contributed by atoms with Gasteiger partial charge in [-0.2, -0.15) is 5.26 Å². The first-order chi connectivity index (χ1) is 18.5. The highest BCUT2D eigenvalue weighted by atomic mass is 16.2. The molecule has 1 saturated heterocycles. The second-order valence-electron chi connectivity index (χ2n) is 10.6. The summed E-state index contributed by atoms with van der Waals surface area (Å²) in [6, 6.07) is 16.4. The van der Waals surface area contributed by atoms with E-state index in [0.717, 1.165) is 63.6 Å². The fraction of sp³-hybridized carbons (Fsp3) is 0.419. The van der Waals surface area contributed by atoms with Crippen LogP contribution in [0.15, 0.2) is 59.0 Å². The molecule has 3 aromatic rings. The first-order valence-corrected chi connectivity index (χ1v) is 13.8. The zero-order chi connectivity index (χ0) is 26.5. The summed E-state index contributed by atoms with van der Waals surface area (Å²) in [6.07, 6.45) is 11.3. The lowest BCUT2D eigenvalue weighted by Crippen LogP contribution is -2.38. The Balaban J connectivity index is 1.46. The highest BCUT2D eigenvalue weighted by Gasteiger charge is 2.26. The third-order valence-electron chi connectivity index (χ3n) is 7.94. The molecule has 196 valence electrons. The number of anilines is 1. The molecule has 7 heteroatoms. The molecule has 38 heavy (non-hydrogen) atoms. The van der Waals surface area contributed by atoms with Crippen molar-refractivity contribution in [1.29, 1.82) is 5.26 Å². The maximum Gasteiger partial charge on any atom is 0.267 e. The predicted octanol–water partition coefficient (Wildman–Crippen LogP) is 4.82. The highest BCUT2D eigenvalue weighted by molar-refractivity contribution is 6.02. The summed E-state index contributed by atoms with van der Waals surface area (Å²) in [6.45, 7) is 3.47. The van der Waals surface area contributed by atoms with Crippen LogP contribution in [-0.4, -0.2) is 34.4 Å². The van der Waals surface area contributed by atoms with Crippen LogP contribution in [0.25, 0.3) is 11.7 Å². The number of fused-ring (bicyclic) bond motifs is 1. The summed E-state index contributed by atoms with van der Waals surface area (Å²) in [7, 11) is 0. The molecule has 1 aliphatic heterocycles. The Bertz CT molecular complexity index is 1420. The molecule has 1 N–H and O–H groups in total. The van der Waals surface area contributed by atoms with E-state index < -0.39 is 5.91 Å². The average Bonchev–Trinajstić information content (AvgIpc) is 2.94. The number of amides is 1. The second kappa shape index (κ2) is 11.6. The maximum atomic E-state index is 13.7. The van der Waals surface area contributed by atoms with Gasteiger partial charge in [0.15, 0.2) is 0 Å². The topological polar surface area (TPSA) is 90.5 Å². The van der Waals surface area contributed by atoms with Crippen molar-refractivity contribution in [1.82, 2.24) is 14.7 Å². The molecule has 0 bridgehead atoms. The van der Waals surface area contributed by atoms with E-state index in [1.807, 2.05) is 31.2 Å². The largest absolute Gasteiger partial charge is 0.356 e. The number of benzene rings is 1. The van der Waals surface area contributed by atoms with E-state index in [1.165, 1.54) is 22.5 Å². The van der Waals surface area contributed by atoms with Crippen LogP contribution in [0, 0.1) is 24.2 Å². The number of pyridine rings is 1. The normalized spacial score (nSPS) is 17.4. The van der Waals surface area contributed by atoms with E-state index in [0.29, 0.717) is 22.9 Å². The lowest BCUT2D eigenvalue weighted by molar-refractivity contribution is -0.117. The van der Waals surface area contributed by atoms with E-state index in [9.17, 15) is 14.9 Å². The van der Waals surface area contributed by atoms with Gasteiger partial charge in [0.25, 0.3) is 11.5 Å². The van der Waals surface area contributed by atoms with Crippen LogP contribution in [0.1, 0.15) is 61.6 Å². The number of nitrogens with zero attached hydrogens (tertiary/aromatic N) is 4. The molecule has 2 fully saturated rings. The summed E-state index contributed by atoms with van der Waals surface area (Å²) in [4.78, 5) is 33.8. The number of aromatic nitrogens is 2. The van der Waals surface area contributed by atoms with Crippen molar-refractivity contribution < 1.29 is 4.79 Å². The molecule has 2 aromatic heterocycles. The molecule has 1 aliphatic carbocycles. The van der Waals surface area contributed by atoms with Gasteiger partial charge in [-0.1, -0.05) is 55.7 Å². The minimum atomic E-state index is -0.416. The van der Waals surface area contributed by atoms with Gasteiger partial charge in [-0.3, -0.25) is 14.0 Å². The van der Waals surface area contributed by atoms with Crippen LogP contribution >= 0.6 is 0 Å². The number of hydrogen-bond donors (Lipinski definition) is 1. The predicted molar refractivity (Wildman–Crippen MR) is 150 cm³/mol. The molecule has 0 radical (unpaired) electrons. The van der Waals surface area contributed by atoms with Crippen molar-refractivity contribution in [3.05, 3.63) is 81.3 Å². The van der Waals surface area contributed by atoms with Gasteiger partial charge in [-0.05, 0) is 68.2 Å². The van der Waals surface area contributed by atoms with E-state index in [1.54, 1.807) is 6.20 Å². The van der Waals surface area contributed by atoms with E-state index in [2.05, 4.69) is 34.5 Å². The number of aryl methyl sites for hydroxylation is 1. The van der Waals surface area contributed by atoms with Crippen molar-refractivity contribution in [2.24, 2.45) is 5.92 Å². The molecule has 7 nitrogen and oxygen atoms in total. The minimum absolute atomic E-state index is 0.0534. The Morgan fingerprint density at radius 3 is 2.53 bits per heavy atom. The zero-order valence-electron chi connectivity index (χ0n) is 22.0. The standard InChI is InChI=1S/C31H35N5O2/c1-22-9-8-16-36-28(22)34-29(35-17-14-24(15-18-35)19-23-10-4-2-5-11-23)27(31(36)38)20-25(21-32)30(37)33-26-12-6-3-7-13-26/h2,4-5,8-11,16,20,24,26H,3,6-7,12-15,17-19H2,1H3,(H,33,37)/b25-20+. The molecular formula is C31H35N5O2. The number of piperidine rings is 1. The number of nitriles is 1. The summed E-state index contributed by atoms with van der Waals surface area (Å²) in [5, 5.41) is 12.9. The van der Waals surface area contributed by atoms with E-state index in [-0.39, 0.29) is 17.2 Å². The summed E-state index contributed by atoms with van der Waals surface area (Å²) >= 11 is 0. The SMILES string of the molecule is Cc1cccn2c(=O)c(/C=C(\C#N)C(=O)NC3CCCCC3)c(N3CCC(Cc4ccccc4)CC3)nc12. The fourth-order valence-corrected chi connectivity index (χ4v) is 5.77. The molecule has 0 spiro atoms. The van der Waals surface area contributed by atoms with Gasteiger partial charge in [0, 0.05) is 25.3 Å². The van der Waals surface area contributed by atoms with Crippen molar-refractivity contribution in [3.63, 3.8) is 0 Å². The van der Waals surface area contributed by atoms with Gasteiger partial charge in [0.1, 0.15) is 23.1 Å². The molecule has 1 aromatic carbocycles. The van der Waals surface area contributed by atoms with Gasteiger partial charge in [-0.25, -0.2) is 4.98 Å². The maximum absolute atomic E-state index is 13.7. The van der Waals surface area contributed by atoms with E-state index >= 15 is 0 Å². The molecule has 2 aliphatic rings. The van der Waals surface area contributed by atoms with Crippen LogP contribution in [0.2, 0.25) is 0 Å². The Labute approximate surface area is 223 Å². The molecule has 3 heterocycles. The molecule has 0 unspecified atom stereocenters. The van der Waals surface area contributed by atoms with Crippen LogP contribution < -0.4 is 15.8 Å². The number of nitrogens with one attached hydrogen (secondary N) is 1. The van der Waals surface area contributed by atoms with Gasteiger partial charge in [0.05, 0.1) is 5.56 Å². The lowest BCUT2D eigenvalue weighted by Gasteiger charge is -2.33. The minimum Gasteiger partial charge on any atom is -0.356 e. The quantitative estimate of drug-likeness (QED) is 0.380. The third kappa shape index (κ3) is 5.65. The fourth-order valence-electron chi connectivity index (χ4n) is 5.77. The summed E-state index contributed by atoms with van der Waals surface area (Å²) in [5.74, 6) is 0.702. The molecule has 1 saturated carbocycles. The third-order valence-corrected chi connectivity index (χ3v) is 7.94. The second-order valence-corrected chi connectivity index (χ2v) is 10.6. The zero-order valence-corrected chi connectivity index (χ0v) is 22.0. The van der Waals surface area contributed by atoms with Gasteiger partial charge in [-0.15, -0.1) is 0 Å². The van der Waals surface area contributed by atoms with Gasteiger partial charge >= 0.3 is 0 Å². The van der Waals surface area contributed by atoms with Crippen molar-refractivity contribution in [3.8, 4) is 6.07 Å². The Kier molecular flexibility index (Phi) is 7.88. The first-order valence-electron chi connectivity index (χ1n) is 13.8.